The number of amides is 1. The monoisotopic (exact) mass is 312 g/mol. The molecule has 23 heavy (non-hydrogen) atoms. The summed E-state index contributed by atoms with van der Waals surface area (Å²) < 4.78 is 1.34. The highest BCUT2D eigenvalue weighted by atomic mass is 16.2. The second kappa shape index (κ2) is 5.87. The molecule has 1 amide bonds. The van der Waals surface area contributed by atoms with Crippen molar-refractivity contribution in [3.8, 4) is 0 Å². The number of carbonyl (C=O) groups is 1. The van der Waals surface area contributed by atoms with Gasteiger partial charge in [-0.05, 0) is 32.4 Å². The number of nitrogens with one attached hydrogen (secondary N) is 2. The van der Waals surface area contributed by atoms with E-state index in [1.807, 2.05) is 39.0 Å². The topological polar surface area (TPSA) is 79.8 Å². The van der Waals surface area contributed by atoms with Crippen LogP contribution in [-0.4, -0.2) is 26.5 Å². The van der Waals surface area contributed by atoms with Gasteiger partial charge >= 0.3 is 0 Å². The van der Waals surface area contributed by atoms with Gasteiger partial charge in [-0.25, -0.2) is 4.98 Å². The van der Waals surface area contributed by atoms with E-state index in [-0.39, 0.29) is 24.1 Å². The minimum atomic E-state index is -0.233. The molecule has 6 nitrogen and oxygen atoms in total. The van der Waals surface area contributed by atoms with E-state index in [2.05, 4.69) is 15.3 Å². The van der Waals surface area contributed by atoms with Gasteiger partial charge < -0.3 is 10.3 Å². The third-order valence-electron chi connectivity index (χ3n) is 4.06. The molecule has 1 aromatic carbocycles. The van der Waals surface area contributed by atoms with Gasteiger partial charge in [-0.1, -0.05) is 18.6 Å². The van der Waals surface area contributed by atoms with Crippen LogP contribution in [0.15, 0.2) is 29.3 Å². The standard InChI is InChI=1S/C17H20N4O2/c1-4-11(3)19-14(22)8-21-9-18-15-12-7-10(2)5-6-13(12)20-16(15)17(21)23/h5-7,9,11,20H,4,8H2,1-3H3,(H,19,22)/t11-/m1/s1. The van der Waals surface area contributed by atoms with Gasteiger partial charge in [0.1, 0.15) is 17.6 Å². The highest BCUT2D eigenvalue weighted by molar-refractivity contribution is 6.04. The Kier molecular flexibility index (Phi) is 3.90. The van der Waals surface area contributed by atoms with E-state index in [4.69, 9.17) is 0 Å². The number of fused-ring (bicyclic) bond motifs is 3. The Hall–Kier alpha value is -2.63. The second-order valence-electron chi connectivity index (χ2n) is 5.95. The van der Waals surface area contributed by atoms with E-state index in [9.17, 15) is 9.59 Å². The van der Waals surface area contributed by atoms with Crippen LogP contribution >= 0.6 is 0 Å². The van der Waals surface area contributed by atoms with Gasteiger partial charge in [0.15, 0.2) is 0 Å². The Morgan fingerprint density at radius 1 is 1.43 bits per heavy atom. The van der Waals surface area contributed by atoms with Crippen LogP contribution in [0.5, 0.6) is 0 Å². The predicted molar refractivity (Wildman–Crippen MR) is 90.5 cm³/mol. The van der Waals surface area contributed by atoms with Crippen molar-refractivity contribution >= 4 is 27.8 Å². The number of aromatic nitrogens is 3. The molecule has 0 fully saturated rings. The zero-order valence-corrected chi connectivity index (χ0v) is 13.5. The van der Waals surface area contributed by atoms with Crippen LogP contribution in [0, 0.1) is 6.92 Å². The third kappa shape index (κ3) is 2.84. The number of hydrogen-bond donors (Lipinski definition) is 2. The molecule has 1 atom stereocenters. The zero-order valence-electron chi connectivity index (χ0n) is 13.5. The summed E-state index contributed by atoms with van der Waals surface area (Å²) in [6, 6.07) is 6.01. The van der Waals surface area contributed by atoms with E-state index in [0.29, 0.717) is 11.0 Å². The minimum Gasteiger partial charge on any atom is -0.352 e. The molecule has 0 aliphatic rings. The fourth-order valence-corrected chi connectivity index (χ4v) is 2.59. The summed E-state index contributed by atoms with van der Waals surface area (Å²) in [5.41, 5.74) is 2.83. The summed E-state index contributed by atoms with van der Waals surface area (Å²) in [7, 11) is 0. The van der Waals surface area contributed by atoms with Crippen LogP contribution < -0.4 is 10.9 Å². The maximum absolute atomic E-state index is 12.6. The first-order valence-electron chi connectivity index (χ1n) is 7.76. The molecule has 2 aromatic heterocycles. The minimum absolute atomic E-state index is 0.0273. The molecule has 0 aliphatic carbocycles. The Bertz CT molecular complexity index is 939. The lowest BCUT2D eigenvalue weighted by molar-refractivity contribution is -0.122. The molecule has 0 saturated heterocycles. The van der Waals surface area contributed by atoms with Crippen LogP contribution in [-0.2, 0) is 11.3 Å². The van der Waals surface area contributed by atoms with Crippen molar-refractivity contribution in [1.82, 2.24) is 19.9 Å². The summed E-state index contributed by atoms with van der Waals surface area (Å²) >= 11 is 0. The van der Waals surface area contributed by atoms with Gasteiger partial charge in [0.2, 0.25) is 5.91 Å². The number of aryl methyl sites for hydroxylation is 1. The number of rotatable bonds is 4. The van der Waals surface area contributed by atoms with Crippen molar-refractivity contribution in [2.75, 3.05) is 0 Å². The molecule has 6 heteroatoms. The molecular formula is C17H20N4O2. The second-order valence-corrected chi connectivity index (χ2v) is 5.95. The lowest BCUT2D eigenvalue weighted by Gasteiger charge is -2.11. The van der Waals surface area contributed by atoms with Gasteiger partial charge in [-0.3, -0.25) is 14.2 Å². The lowest BCUT2D eigenvalue weighted by atomic mass is 10.2. The number of nitrogens with zero attached hydrogens (tertiary/aromatic N) is 2. The molecule has 0 spiro atoms. The molecule has 120 valence electrons. The highest BCUT2D eigenvalue weighted by Crippen LogP contribution is 2.22. The van der Waals surface area contributed by atoms with Gasteiger partial charge in [0.05, 0.1) is 6.33 Å². The fourth-order valence-electron chi connectivity index (χ4n) is 2.59. The molecule has 2 heterocycles. The molecule has 0 aliphatic heterocycles. The molecule has 3 aromatic rings. The highest BCUT2D eigenvalue weighted by Gasteiger charge is 2.13. The first-order valence-corrected chi connectivity index (χ1v) is 7.76. The fraction of sp³-hybridized carbons (Fsp3) is 0.353. The van der Waals surface area contributed by atoms with Gasteiger partial charge in [0.25, 0.3) is 5.56 Å². The number of carbonyl (C=O) groups excluding carboxylic acids is 1. The first kappa shape index (κ1) is 15.3. The molecule has 3 rings (SSSR count). The molecule has 0 bridgehead atoms. The number of benzene rings is 1. The predicted octanol–water partition coefficient (Wildman–Crippen LogP) is 2.10. The quantitative estimate of drug-likeness (QED) is 0.774. The average molecular weight is 312 g/mol. The maximum Gasteiger partial charge on any atom is 0.278 e. The van der Waals surface area contributed by atoms with E-state index >= 15 is 0 Å². The summed E-state index contributed by atoms with van der Waals surface area (Å²) in [6.45, 7) is 5.90. The maximum atomic E-state index is 12.6. The van der Waals surface area contributed by atoms with Crippen molar-refractivity contribution in [2.24, 2.45) is 0 Å². The summed E-state index contributed by atoms with van der Waals surface area (Å²) in [5, 5.41) is 3.78. The largest absolute Gasteiger partial charge is 0.352 e. The molecule has 0 unspecified atom stereocenters. The van der Waals surface area contributed by atoms with Crippen LogP contribution in [0.25, 0.3) is 21.9 Å². The van der Waals surface area contributed by atoms with E-state index < -0.39 is 0 Å². The van der Waals surface area contributed by atoms with Gasteiger partial charge in [0, 0.05) is 16.9 Å². The van der Waals surface area contributed by atoms with Crippen molar-refractivity contribution in [3.05, 3.63) is 40.4 Å². The zero-order chi connectivity index (χ0) is 16.6. The lowest BCUT2D eigenvalue weighted by Crippen LogP contribution is -2.37. The van der Waals surface area contributed by atoms with Crippen molar-refractivity contribution in [3.63, 3.8) is 0 Å². The normalized spacial score (nSPS) is 12.7. The van der Waals surface area contributed by atoms with E-state index in [1.54, 1.807) is 0 Å². The summed E-state index contributed by atoms with van der Waals surface area (Å²) in [5.74, 6) is -0.186. The van der Waals surface area contributed by atoms with Crippen LogP contribution in [0.4, 0.5) is 0 Å². The molecule has 0 radical (unpaired) electrons. The van der Waals surface area contributed by atoms with Gasteiger partial charge in [-0.15, -0.1) is 0 Å². The number of hydrogen-bond acceptors (Lipinski definition) is 3. The first-order chi connectivity index (χ1) is 11.0. The SMILES string of the molecule is CC[C@@H](C)NC(=O)Cn1cnc2c([nH]c3ccc(C)cc32)c1=O. The molecule has 2 N–H and O–H groups in total. The summed E-state index contributed by atoms with van der Waals surface area (Å²) in [6.07, 6.45) is 2.29. The van der Waals surface area contributed by atoms with Crippen LogP contribution in [0.3, 0.4) is 0 Å². The Balaban J connectivity index is 2.01. The van der Waals surface area contributed by atoms with Crippen molar-refractivity contribution < 1.29 is 4.79 Å². The number of H-pyrrole nitrogens is 1. The average Bonchev–Trinajstić information content (AvgIpc) is 2.88. The Labute approximate surface area is 133 Å². The third-order valence-corrected chi connectivity index (χ3v) is 4.06. The molecular weight excluding hydrogens is 292 g/mol. The summed E-state index contributed by atoms with van der Waals surface area (Å²) in [4.78, 5) is 32.1. The van der Waals surface area contributed by atoms with Crippen molar-refractivity contribution in [1.29, 1.82) is 0 Å². The van der Waals surface area contributed by atoms with Crippen LogP contribution in [0.1, 0.15) is 25.8 Å². The van der Waals surface area contributed by atoms with E-state index in [1.165, 1.54) is 10.9 Å². The van der Waals surface area contributed by atoms with E-state index in [0.717, 1.165) is 22.9 Å². The molecule has 0 saturated carbocycles. The Morgan fingerprint density at radius 3 is 2.96 bits per heavy atom. The smallest absolute Gasteiger partial charge is 0.278 e. The van der Waals surface area contributed by atoms with Gasteiger partial charge in [-0.2, -0.15) is 0 Å². The number of aromatic amines is 1. The van der Waals surface area contributed by atoms with Crippen molar-refractivity contribution in [2.45, 2.75) is 39.8 Å². The Morgan fingerprint density at radius 2 is 2.22 bits per heavy atom. The van der Waals surface area contributed by atoms with Crippen LogP contribution in [0.2, 0.25) is 0 Å².